The fourth-order valence-corrected chi connectivity index (χ4v) is 2.52. The monoisotopic (exact) mass is 363 g/mol. The van der Waals surface area contributed by atoms with Crippen LogP contribution in [-0.4, -0.2) is 19.6 Å². The number of carbonyl (C=O) groups excluding carboxylic acids is 1. The van der Waals surface area contributed by atoms with Crippen molar-refractivity contribution in [3.05, 3.63) is 71.4 Å². The molecule has 5 heteroatoms. The zero-order valence-electron chi connectivity index (χ0n) is 16.0. The van der Waals surface area contributed by atoms with E-state index in [1.54, 1.807) is 7.11 Å². The Balaban J connectivity index is 1.88. The maximum absolute atomic E-state index is 12.3. The number of ether oxygens (including phenoxy) is 1. The third-order valence-electron chi connectivity index (χ3n) is 4.14. The first-order valence-electron chi connectivity index (χ1n) is 8.91. The molecular weight excluding hydrogens is 338 g/mol. The second kappa shape index (κ2) is 10.0. The molecule has 0 radical (unpaired) electrons. The van der Waals surface area contributed by atoms with Crippen LogP contribution in [0.15, 0.2) is 60.3 Å². The predicted octanol–water partition coefficient (Wildman–Crippen LogP) is 4.00. The second-order valence-electron chi connectivity index (χ2n) is 6.46. The second-order valence-corrected chi connectivity index (χ2v) is 6.46. The van der Waals surface area contributed by atoms with E-state index in [1.165, 1.54) is 11.8 Å². The minimum absolute atomic E-state index is 0.0357. The molecule has 0 aromatic heterocycles. The van der Waals surface area contributed by atoms with E-state index in [2.05, 4.69) is 24.5 Å². The molecule has 0 spiro atoms. The highest BCUT2D eigenvalue weighted by Crippen LogP contribution is 2.17. The van der Waals surface area contributed by atoms with Gasteiger partial charge in [0.1, 0.15) is 17.4 Å². The van der Waals surface area contributed by atoms with Crippen LogP contribution in [0.4, 0.5) is 5.69 Å². The summed E-state index contributed by atoms with van der Waals surface area (Å²) in [6.45, 7) is 4.83. The van der Waals surface area contributed by atoms with Crippen molar-refractivity contribution in [2.24, 2.45) is 0 Å². The topological polar surface area (TPSA) is 74.1 Å². The predicted molar refractivity (Wildman–Crippen MR) is 108 cm³/mol. The fourth-order valence-electron chi connectivity index (χ4n) is 2.52. The van der Waals surface area contributed by atoms with E-state index in [9.17, 15) is 10.1 Å². The van der Waals surface area contributed by atoms with E-state index in [0.29, 0.717) is 18.2 Å². The highest BCUT2D eigenvalue weighted by Gasteiger charge is 2.09. The summed E-state index contributed by atoms with van der Waals surface area (Å²) in [5.41, 5.74) is 3.02. The Morgan fingerprint density at radius 2 is 1.96 bits per heavy atom. The number of rotatable bonds is 8. The van der Waals surface area contributed by atoms with Gasteiger partial charge in [0.25, 0.3) is 5.91 Å². The van der Waals surface area contributed by atoms with E-state index >= 15 is 0 Å². The number of hydrogen-bond donors (Lipinski definition) is 2. The molecule has 0 saturated carbocycles. The standard InChI is InChI=1S/C22H25N3O2/c1-16(2)18-7-9-20(10-8-18)25-22(26)19(14-23)15-24-12-11-17-5-4-6-21(13-17)27-3/h4-10,13,15-16,24H,11-12H2,1-3H3,(H,25,26)/b19-15-. The van der Waals surface area contributed by atoms with Crippen LogP contribution >= 0.6 is 0 Å². The molecule has 0 aliphatic carbocycles. The lowest BCUT2D eigenvalue weighted by Gasteiger charge is -2.08. The third-order valence-corrected chi connectivity index (χ3v) is 4.14. The van der Waals surface area contributed by atoms with Crippen LogP contribution in [0.5, 0.6) is 5.75 Å². The van der Waals surface area contributed by atoms with Crippen LogP contribution in [0.2, 0.25) is 0 Å². The van der Waals surface area contributed by atoms with Crippen LogP contribution in [0.25, 0.3) is 0 Å². The molecule has 0 aliphatic rings. The van der Waals surface area contributed by atoms with Crippen LogP contribution in [-0.2, 0) is 11.2 Å². The molecule has 5 nitrogen and oxygen atoms in total. The molecule has 2 N–H and O–H groups in total. The van der Waals surface area contributed by atoms with E-state index in [1.807, 2.05) is 54.6 Å². The Kier molecular flexibility index (Phi) is 7.45. The summed E-state index contributed by atoms with van der Waals surface area (Å²) >= 11 is 0. The molecule has 2 rings (SSSR count). The largest absolute Gasteiger partial charge is 0.497 e. The number of nitrogens with zero attached hydrogens (tertiary/aromatic N) is 1. The van der Waals surface area contributed by atoms with Crippen molar-refractivity contribution < 1.29 is 9.53 Å². The lowest BCUT2D eigenvalue weighted by Crippen LogP contribution is -2.18. The average Bonchev–Trinajstić information content (AvgIpc) is 2.68. The van der Waals surface area contributed by atoms with Gasteiger partial charge in [-0.1, -0.05) is 38.1 Å². The van der Waals surface area contributed by atoms with Crippen molar-refractivity contribution >= 4 is 11.6 Å². The quantitative estimate of drug-likeness (QED) is 0.422. The van der Waals surface area contributed by atoms with Gasteiger partial charge in [0.2, 0.25) is 0 Å². The molecule has 2 aromatic carbocycles. The van der Waals surface area contributed by atoms with Crippen molar-refractivity contribution in [2.75, 3.05) is 19.0 Å². The van der Waals surface area contributed by atoms with Crippen LogP contribution < -0.4 is 15.4 Å². The van der Waals surface area contributed by atoms with Crippen molar-refractivity contribution in [1.82, 2.24) is 5.32 Å². The van der Waals surface area contributed by atoms with Gasteiger partial charge in [-0.3, -0.25) is 4.79 Å². The molecule has 0 aliphatic heterocycles. The summed E-state index contributed by atoms with van der Waals surface area (Å²) in [4.78, 5) is 12.3. The number of carbonyl (C=O) groups is 1. The van der Waals surface area contributed by atoms with Crippen molar-refractivity contribution in [3.8, 4) is 11.8 Å². The molecule has 0 fully saturated rings. The van der Waals surface area contributed by atoms with Gasteiger partial charge in [0, 0.05) is 18.4 Å². The summed E-state index contributed by atoms with van der Waals surface area (Å²) in [6, 6.07) is 17.4. The zero-order valence-corrected chi connectivity index (χ0v) is 16.0. The molecular formula is C22H25N3O2. The van der Waals surface area contributed by atoms with Gasteiger partial charge in [0.15, 0.2) is 0 Å². The first kappa shape index (κ1) is 20.1. The number of anilines is 1. The van der Waals surface area contributed by atoms with E-state index in [0.717, 1.165) is 17.7 Å². The minimum atomic E-state index is -0.427. The summed E-state index contributed by atoms with van der Waals surface area (Å²) in [6.07, 6.45) is 2.21. The Hall–Kier alpha value is -3.26. The molecule has 27 heavy (non-hydrogen) atoms. The summed E-state index contributed by atoms with van der Waals surface area (Å²) in [7, 11) is 1.63. The van der Waals surface area contributed by atoms with E-state index in [-0.39, 0.29) is 5.57 Å². The molecule has 0 saturated heterocycles. The van der Waals surface area contributed by atoms with Crippen molar-refractivity contribution in [2.45, 2.75) is 26.2 Å². The number of nitriles is 1. The zero-order chi connectivity index (χ0) is 19.6. The highest BCUT2D eigenvalue weighted by atomic mass is 16.5. The number of benzene rings is 2. The molecule has 1 amide bonds. The lowest BCUT2D eigenvalue weighted by atomic mass is 10.0. The Bertz CT molecular complexity index is 833. The van der Waals surface area contributed by atoms with Gasteiger partial charge < -0.3 is 15.4 Å². The molecule has 0 unspecified atom stereocenters. The first-order chi connectivity index (χ1) is 13.0. The van der Waals surface area contributed by atoms with E-state index < -0.39 is 5.91 Å². The minimum Gasteiger partial charge on any atom is -0.497 e. The summed E-state index contributed by atoms with van der Waals surface area (Å²) in [5.74, 6) is 0.811. The maximum Gasteiger partial charge on any atom is 0.267 e. The lowest BCUT2D eigenvalue weighted by molar-refractivity contribution is -0.112. The molecule has 140 valence electrons. The molecule has 0 heterocycles. The molecule has 0 atom stereocenters. The van der Waals surface area contributed by atoms with Gasteiger partial charge in [-0.15, -0.1) is 0 Å². The van der Waals surface area contributed by atoms with Crippen LogP contribution in [0, 0.1) is 11.3 Å². The van der Waals surface area contributed by atoms with Gasteiger partial charge in [-0.05, 0) is 47.7 Å². The summed E-state index contributed by atoms with van der Waals surface area (Å²) in [5, 5.41) is 15.0. The van der Waals surface area contributed by atoms with Gasteiger partial charge in [-0.2, -0.15) is 5.26 Å². The fraction of sp³-hybridized carbons (Fsp3) is 0.273. The number of hydrogen-bond acceptors (Lipinski definition) is 4. The Morgan fingerprint density at radius 3 is 2.59 bits per heavy atom. The van der Waals surface area contributed by atoms with Gasteiger partial charge in [-0.25, -0.2) is 0 Å². The third kappa shape index (κ3) is 6.19. The normalized spacial score (nSPS) is 11.0. The molecule has 2 aromatic rings. The SMILES string of the molecule is COc1cccc(CCN/C=C(/C#N)C(=O)Nc2ccc(C(C)C)cc2)c1. The Labute approximate surface area is 160 Å². The number of nitrogens with one attached hydrogen (secondary N) is 2. The van der Waals surface area contributed by atoms with E-state index in [4.69, 9.17) is 4.74 Å². The Morgan fingerprint density at radius 1 is 1.22 bits per heavy atom. The number of amides is 1. The van der Waals surface area contributed by atoms with Crippen molar-refractivity contribution in [1.29, 1.82) is 5.26 Å². The number of methoxy groups -OCH3 is 1. The maximum atomic E-state index is 12.3. The van der Waals surface area contributed by atoms with Gasteiger partial charge >= 0.3 is 0 Å². The summed E-state index contributed by atoms with van der Waals surface area (Å²) < 4.78 is 5.20. The molecule has 0 bridgehead atoms. The first-order valence-corrected chi connectivity index (χ1v) is 8.91. The smallest absolute Gasteiger partial charge is 0.267 e. The van der Waals surface area contributed by atoms with Gasteiger partial charge in [0.05, 0.1) is 7.11 Å². The van der Waals surface area contributed by atoms with Crippen molar-refractivity contribution in [3.63, 3.8) is 0 Å². The van der Waals surface area contributed by atoms with Crippen LogP contribution in [0.3, 0.4) is 0 Å². The average molecular weight is 363 g/mol. The highest BCUT2D eigenvalue weighted by molar-refractivity contribution is 6.06. The van der Waals surface area contributed by atoms with Crippen LogP contribution in [0.1, 0.15) is 30.9 Å².